The lowest BCUT2D eigenvalue weighted by Gasteiger charge is -2.19. The van der Waals surface area contributed by atoms with E-state index >= 15 is 0 Å². The van der Waals surface area contributed by atoms with E-state index in [1.54, 1.807) is 21.1 Å². The Morgan fingerprint density at radius 3 is 1.18 bits per heavy atom. The fraction of sp³-hybridized carbons (Fsp3) is 0.464. The first-order chi connectivity index (χ1) is 22.4. The van der Waals surface area contributed by atoms with Crippen LogP contribution in [0.5, 0.6) is 0 Å². The maximum Gasteiger partial charge on any atom is 0.328 e. The second-order valence-electron chi connectivity index (χ2n) is 10.6. The van der Waals surface area contributed by atoms with E-state index in [4.69, 9.17) is 26.9 Å². The fourth-order valence-electron chi connectivity index (χ4n) is 3.44. The van der Waals surface area contributed by atoms with Gasteiger partial charge in [0, 0.05) is 40.3 Å². The van der Waals surface area contributed by atoms with E-state index in [1.807, 2.05) is 27.7 Å². The molecule has 0 fully saturated rings. The van der Waals surface area contributed by atoms with Gasteiger partial charge in [-0.25, -0.2) is 0 Å². The van der Waals surface area contributed by atoms with Gasteiger partial charge in [-0.2, -0.15) is 25.3 Å². The van der Waals surface area contributed by atoms with Crippen molar-refractivity contribution in [3.8, 4) is 0 Å². The minimum atomic E-state index is -4.40. The van der Waals surface area contributed by atoms with Crippen molar-refractivity contribution in [3.05, 3.63) is 53.7 Å². The van der Waals surface area contributed by atoms with Crippen LogP contribution in [0.3, 0.4) is 0 Å². The highest BCUT2D eigenvalue weighted by molar-refractivity contribution is 7.86. The van der Waals surface area contributed by atoms with Crippen LogP contribution in [0.25, 0.3) is 0 Å². The summed E-state index contributed by atoms with van der Waals surface area (Å²) in [5.41, 5.74) is 0. The van der Waals surface area contributed by atoms with Gasteiger partial charge >= 0.3 is 30.4 Å². The molecule has 0 saturated carbocycles. The number of carbonyl (C=O) groups excluding carboxylic acids is 3. The van der Waals surface area contributed by atoms with Crippen molar-refractivity contribution in [2.24, 2.45) is 0 Å². The Morgan fingerprint density at radius 1 is 0.592 bits per heavy atom. The quantitative estimate of drug-likeness (QED) is 0.224. The van der Waals surface area contributed by atoms with Gasteiger partial charge in [-0.1, -0.05) is 20.3 Å². The molecule has 0 unspecified atom stereocenters. The smallest absolute Gasteiger partial charge is 0.328 e. The van der Waals surface area contributed by atoms with Crippen molar-refractivity contribution < 1.29 is 66.5 Å². The zero-order chi connectivity index (χ0) is 37.9. The molecule has 3 heterocycles. The first-order valence-corrected chi connectivity index (χ1v) is 18.8. The lowest BCUT2D eigenvalue weighted by Crippen LogP contribution is -2.32. The number of furan rings is 3. The summed E-state index contributed by atoms with van der Waals surface area (Å²) in [6.07, 6.45) is 2.59. The second-order valence-corrected chi connectivity index (χ2v) is 14.7. The van der Waals surface area contributed by atoms with Crippen molar-refractivity contribution >= 4 is 48.1 Å². The Hall–Kier alpha value is -4.02. The van der Waals surface area contributed by atoms with Crippen LogP contribution in [-0.4, -0.2) is 112 Å². The molecule has 3 N–H and O–H groups in total. The summed E-state index contributed by atoms with van der Waals surface area (Å²) in [7, 11) is -8.42. The van der Waals surface area contributed by atoms with Crippen LogP contribution >= 0.6 is 0 Å². The van der Waals surface area contributed by atoms with Gasteiger partial charge < -0.3 is 28.0 Å². The van der Waals surface area contributed by atoms with Gasteiger partial charge in [-0.15, -0.1) is 0 Å². The maximum atomic E-state index is 11.7. The molecule has 0 saturated heterocycles. The predicted molar refractivity (Wildman–Crippen MR) is 172 cm³/mol. The highest BCUT2D eigenvalue weighted by Gasteiger charge is 2.23. The molecule has 276 valence electrons. The molecule has 0 bridgehead atoms. The van der Waals surface area contributed by atoms with Crippen molar-refractivity contribution in [2.75, 3.05) is 34.2 Å². The molecule has 0 spiro atoms. The molecule has 0 aliphatic carbocycles. The average Bonchev–Trinajstić information content (AvgIpc) is 3.79. The van der Waals surface area contributed by atoms with Crippen LogP contribution in [0.1, 0.15) is 78.6 Å². The molecule has 3 aromatic rings. The first kappa shape index (κ1) is 43.0. The van der Waals surface area contributed by atoms with Crippen LogP contribution in [0.15, 0.2) is 64.9 Å². The number of amides is 3. The van der Waals surface area contributed by atoms with E-state index < -0.39 is 63.4 Å². The van der Waals surface area contributed by atoms with Crippen molar-refractivity contribution in [2.45, 2.75) is 68.3 Å². The molecular formula is C28H41N3O15S3. The van der Waals surface area contributed by atoms with Crippen LogP contribution in [-0.2, 0) is 30.4 Å². The molecule has 3 aromatic heterocycles. The minimum Gasteiger partial charge on any atom is -0.437 e. The summed E-state index contributed by atoms with van der Waals surface area (Å²) in [4.78, 5) is 39.3. The van der Waals surface area contributed by atoms with Gasteiger partial charge in [-0.3, -0.25) is 28.0 Å². The normalized spacial score (nSPS) is 11.6. The monoisotopic (exact) mass is 755 g/mol. The molecule has 0 aliphatic heterocycles. The summed E-state index contributed by atoms with van der Waals surface area (Å²) >= 11 is 0. The van der Waals surface area contributed by atoms with Gasteiger partial charge in [0.2, 0.25) is 15.3 Å². The van der Waals surface area contributed by atoms with E-state index in [1.165, 1.54) is 32.9 Å². The Balaban J connectivity index is 0.000000368. The average molecular weight is 756 g/mol. The minimum absolute atomic E-state index is 0.0354. The SMILES string of the molecule is CC(C)N(C)C(=O)c1ccc(S(=O)(=O)O)o1.CCCCN(C)C(=O)c1ccc(S(=O)(=O)O)o1.CCCN(C)C(=O)c1ccc(S(=O)(=O)O)o1. The highest BCUT2D eigenvalue weighted by Crippen LogP contribution is 2.17. The van der Waals surface area contributed by atoms with E-state index in [-0.39, 0.29) is 23.3 Å². The molecule has 0 aromatic carbocycles. The maximum absolute atomic E-state index is 11.7. The largest absolute Gasteiger partial charge is 0.437 e. The summed E-state index contributed by atoms with van der Waals surface area (Å²) < 4.78 is 105. The molecule has 3 rings (SSSR count). The van der Waals surface area contributed by atoms with E-state index in [0.29, 0.717) is 13.1 Å². The van der Waals surface area contributed by atoms with E-state index in [9.17, 15) is 39.6 Å². The van der Waals surface area contributed by atoms with Gasteiger partial charge in [0.1, 0.15) is 0 Å². The van der Waals surface area contributed by atoms with Gasteiger partial charge in [0.05, 0.1) is 0 Å². The van der Waals surface area contributed by atoms with Crippen molar-refractivity contribution in [1.29, 1.82) is 0 Å². The molecule has 0 atom stereocenters. The number of nitrogens with zero attached hydrogens (tertiary/aromatic N) is 3. The van der Waals surface area contributed by atoms with Crippen LogP contribution in [0, 0.1) is 0 Å². The standard InChI is InChI=1S/C10H15NO5S.2C9H13NO5S/c1-3-4-7-11(2)10(12)8-5-6-9(16-8)17(13,14)15;1-6(2)10(3)9(11)7-4-5-8(15-7)16(12,13)14;1-3-6-10(2)9(11)7-4-5-8(15-7)16(12,13)14/h5-6H,3-4,7H2,1-2H3,(H,13,14,15);4-6H,1-3H3,(H,12,13,14);4-5H,3,6H2,1-2H3,(H,12,13,14). The van der Waals surface area contributed by atoms with Crippen LogP contribution in [0.4, 0.5) is 0 Å². The number of rotatable bonds is 12. The Kier molecular flexibility index (Phi) is 15.9. The predicted octanol–water partition coefficient (Wildman–Crippen LogP) is 3.41. The lowest BCUT2D eigenvalue weighted by atomic mass is 10.3. The Bertz CT molecular complexity index is 1890. The zero-order valence-corrected chi connectivity index (χ0v) is 30.3. The summed E-state index contributed by atoms with van der Waals surface area (Å²) in [6, 6.07) is 6.76. The molecule has 0 radical (unpaired) electrons. The summed E-state index contributed by atoms with van der Waals surface area (Å²) in [6.45, 7) is 8.64. The molecular weight excluding hydrogens is 715 g/mol. The first-order valence-electron chi connectivity index (χ1n) is 14.5. The number of hydrogen-bond acceptors (Lipinski definition) is 12. The summed E-state index contributed by atoms with van der Waals surface area (Å²) in [5, 5.41) is -1.88. The lowest BCUT2D eigenvalue weighted by molar-refractivity contribution is 0.0714. The van der Waals surface area contributed by atoms with Crippen LogP contribution in [0.2, 0.25) is 0 Å². The van der Waals surface area contributed by atoms with Gasteiger partial charge in [0.15, 0.2) is 17.3 Å². The number of unbranched alkanes of at least 4 members (excludes halogenated alkanes) is 1. The molecule has 0 aliphatic rings. The third-order valence-corrected chi connectivity index (χ3v) is 8.52. The molecule has 21 heteroatoms. The topological polar surface area (TPSA) is 263 Å². The van der Waals surface area contributed by atoms with Gasteiger partial charge in [-0.05, 0) is 63.1 Å². The summed E-state index contributed by atoms with van der Waals surface area (Å²) in [5.74, 6) is -1.60. The third kappa shape index (κ3) is 13.4. The zero-order valence-electron chi connectivity index (χ0n) is 27.9. The number of carbonyl (C=O) groups is 3. The second kappa shape index (κ2) is 18.1. The molecule has 3 amide bonds. The third-order valence-electron chi connectivity index (χ3n) is 6.33. The Labute approximate surface area is 284 Å². The molecule has 49 heavy (non-hydrogen) atoms. The van der Waals surface area contributed by atoms with E-state index in [0.717, 1.165) is 37.5 Å². The van der Waals surface area contributed by atoms with Crippen molar-refractivity contribution in [1.82, 2.24) is 14.7 Å². The van der Waals surface area contributed by atoms with Crippen LogP contribution < -0.4 is 0 Å². The Morgan fingerprint density at radius 2 is 0.918 bits per heavy atom. The fourth-order valence-corrected chi connectivity index (χ4v) is 4.74. The molecule has 18 nitrogen and oxygen atoms in total. The van der Waals surface area contributed by atoms with Gasteiger partial charge in [0.25, 0.3) is 17.7 Å². The number of hydrogen-bond donors (Lipinski definition) is 3. The van der Waals surface area contributed by atoms with Crippen molar-refractivity contribution in [3.63, 3.8) is 0 Å². The van der Waals surface area contributed by atoms with E-state index in [2.05, 4.69) is 0 Å². The highest BCUT2D eigenvalue weighted by atomic mass is 32.2.